The van der Waals surface area contributed by atoms with Gasteiger partial charge in [-0.3, -0.25) is 9.69 Å². The maximum Gasteiger partial charge on any atom is 0.338 e. The number of hydrogen-bond acceptors (Lipinski definition) is 8. The van der Waals surface area contributed by atoms with Crippen molar-refractivity contribution in [3.05, 3.63) is 81.9 Å². The predicted octanol–water partition coefficient (Wildman–Crippen LogP) is 6.03. The molecule has 41 heavy (non-hydrogen) atoms. The molecule has 0 saturated carbocycles. The standard InChI is InChI=1S/C32H34N2O6S/c1-7-39-31(36)28-19(4)33-32-34(29(28)21-13-15-25(40-18(2)3)26(16-21)38-6)30(35)27(41-32)17-20-12-14-24(37-5)23-11-9-8-10-22(20)23/h8-18,29,32-33H,7H2,1-6H3/b27-17-/t29-,32+/m0/s1. The fourth-order valence-corrected chi connectivity index (χ4v) is 6.47. The molecule has 0 radical (unpaired) electrons. The van der Waals surface area contributed by atoms with E-state index >= 15 is 0 Å². The van der Waals surface area contributed by atoms with Gasteiger partial charge >= 0.3 is 5.97 Å². The first-order chi connectivity index (χ1) is 19.8. The molecule has 3 aromatic carbocycles. The van der Waals surface area contributed by atoms with Gasteiger partial charge in [0.1, 0.15) is 5.75 Å². The van der Waals surface area contributed by atoms with E-state index in [1.165, 1.54) is 11.8 Å². The average molecular weight is 575 g/mol. The fourth-order valence-electron chi connectivity index (χ4n) is 5.26. The highest BCUT2D eigenvalue weighted by Crippen LogP contribution is 2.48. The second-order valence-electron chi connectivity index (χ2n) is 9.98. The lowest BCUT2D eigenvalue weighted by Gasteiger charge is -2.39. The molecule has 9 heteroatoms. The number of methoxy groups -OCH3 is 2. The normalized spacial score (nSPS) is 19.4. The van der Waals surface area contributed by atoms with Gasteiger partial charge in [-0.25, -0.2) is 4.79 Å². The number of nitrogens with one attached hydrogen (secondary N) is 1. The summed E-state index contributed by atoms with van der Waals surface area (Å²) in [6.07, 6.45) is 1.86. The largest absolute Gasteiger partial charge is 0.496 e. The number of nitrogens with zero attached hydrogens (tertiary/aromatic N) is 1. The minimum Gasteiger partial charge on any atom is -0.496 e. The molecule has 0 bridgehead atoms. The maximum absolute atomic E-state index is 14.1. The van der Waals surface area contributed by atoms with Gasteiger partial charge in [0.25, 0.3) is 5.91 Å². The molecule has 0 unspecified atom stereocenters. The second kappa shape index (κ2) is 11.8. The van der Waals surface area contributed by atoms with Crippen molar-refractivity contribution in [1.82, 2.24) is 10.2 Å². The summed E-state index contributed by atoms with van der Waals surface area (Å²) in [6, 6.07) is 16.6. The molecule has 0 spiro atoms. The number of esters is 1. The molecular formula is C32H34N2O6S. The predicted molar refractivity (Wildman–Crippen MR) is 161 cm³/mol. The third kappa shape index (κ3) is 5.34. The van der Waals surface area contributed by atoms with E-state index in [-0.39, 0.29) is 18.6 Å². The summed E-state index contributed by atoms with van der Waals surface area (Å²) in [6.45, 7) is 7.70. The zero-order valence-corrected chi connectivity index (χ0v) is 24.8. The zero-order chi connectivity index (χ0) is 29.3. The third-order valence-electron chi connectivity index (χ3n) is 7.02. The Kier molecular flexibility index (Phi) is 8.17. The number of thioether (sulfide) groups is 1. The highest BCUT2D eigenvalue weighted by molar-refractivity contribution is 8.05. The summed E-state index contributed by atoms with van der Waals surface area (Å²) in [7, 11) is 3.22. The van der Waals surface area contributed by atoms with Crippen molar-refractivity contribution < 1.29 is 28.5 Å². The molecular weight excluding hydrogens is 540 g/mol. The number of allylic oxidation sites excluding steroid dienone is 1. The summed E-state index contributed by atoms with van der Waals surface area (Å²) >= 11 is 1.42. The zero-order valence-electron chi connectivity index (χ0n) is 24.0. The van der Waals surface area contributed by atoms with E-state index in [4.69, 9.17) is 18.9 Å². The number of hydrogen-bond donors (Lipinski definition) is 1. The summed E-state index contributed by atoms with van der Waals surface area (Å²) in [5.41, 5.74) is 2.25. The molecule has 1 saturated heterocycles. The monoisotopic (exact) mass is 574 g/mol. The van der Waals surface area contributed by atoms with E-state index < -0.39 is 17.5 Å². The van der Waals surface area contributed by atoms with E-state index in [9.17, 15) is 9.59 Å². The first-order valence-corrected chi connectivity index (χ1v) is 14.4. The van der Waals surface area contributed by atoms with Crippen LogP contribution in [0.5, 0.6) is 17.2 Å². The van der Waals surface area contributed by atoms with E-state index in [1.807, 2.05) is 81.4 Å². The van der Waals surface area contributed by atoms with Crippen LogP contribution in [-0.4, -0.2) is 49.2 Å². The van der Waals surface area contributed by atoms with Gasteiger partial charge < -0.3 is 24.3 Å². The van der Waals surface area contributed by atoms with Gasteiger partial charge in [0.15, 0.2) is 17.0 Å². The number of fused-ring (bicyclic) bond motifs is 2. The van der Waals surface area contributed by atoms with Crippen molar-refractivity contribution in [2.75, 3.05) is 20.8 Å². The Morgan fingerprint density at radius 3 is 2.41 bits per heavy atom. The Balaban J connectivity index is 1.60. The van der Waals surface area contributed by atoms with Gasteiger partial charge in [0.2, 0.25) is 0 Å². The Hall–Kier alpha value is -4.11. The molecule has 2 aliphatic rings. The average Bonchev–Trinajstić information content (AvgIpc) is 3.26. The number of rotatable bonds is 8. The van der Waals surface area contributed by atoms with E-state index in [0.717, 1.165) is 27.6 Å². The van der Waals surface area contributed by atoms with Gasteiger partial charge in [0.05, 0.1) is 43.5 Å². The van der Waals surface area contributed by atoms with Crippen molar-refractivity contribution in [2.24, 2.45) is 0 Å². The topological polar surface area (TPSA) is 86.3 Å². The van der Waals surface area contributed by atoms with Crippen LogP contribution in [0.25, 0.3) is 16.8 Å². The van der Waals surface area contributed by atoms with Crippen molar-refractivity contribution in [2.45, 2.75) is 45.3 Å². The van der Waals surface area contributed by atoms with Crippen LogP contribution in [-0.2, 0) is 14.3 Å². The van der Waals surface area contributed by atoms with Gasteiger partial charge in [0, 0.05) is 11.1 Å². The van der Waals surface area contributed by atoms with Crippen molar-refractivity contribution in [1.29, 1.82) is 0 Å². The molecule has 2 aliphatic heterocycles. The molecule has 1 N–H and O–H groups in total. The smallest absolute Gasteiger partial charge is 0.338 e. The molecule has 0 aromatic heterocycles. The third-order valence-corrected chi connectivity index (χ3v) is 8.13. The Labute approximate surface area is 244 Å². The molecule has 8 nitrogen and oxygen atoms in total. The SMILES string of the molecule is CCOC(=O)C1=C(C)N[C@H]2S/C(=C\c3ccc(OC)c4ccccc34)C(=O)N2[C@H]1c1ccc(OC(C)C)c(OC)c1. The number of carbonyl (C=O) groups excluding carboxylic acids is 2. The molecule has 2 atom stereocenters. The van der Waals surface area contributed by atoms with Gasteiger partial charge in [-0.05, 0) is 68.5 Å². The van der Waals surface area contributed by atoms with Gasteiger partial charge in [-0.15, -0.1) is 0 Å². The number of benzene rings is 3. The lowest BCUT2D eigenvalue weighted by Crippen LogP contribution is -2.50. The molecule has 2 heterocycles. The van der Waals surface area contributed by atoms with E-state index in [0.29, 0.717) is 27.7 Å². The number of amides is 1. The van der Waals surface area contributed by atoms with Crippen molar-refractivity contribution in [3.63, 3.8) is 0 Å². The summed E-state index contributed by atoms with van der Waals surface area (Å²) in [5.74, 6) is 1.22. The van der Waals surface area contributed by atoms with Crippen molar-refractivity contribution in [3.8, 4) is 17.2 Å². The first kappa shape index (κ1) is 28.4. The van der Waals surface area contributed by atoms with Crippen molar-refractivity contribution >= 4 is 40.5 Å². The fraction of sp³-hybridized carbons (Fsp3) is 0.312. The van der Waals surface area contributed by atoms with Crippen LogP contribution < -0.4 is 19.5 Å². The van der Waals surface area contributed by atoms with Gasteiger partial charge in [-0.2, -0.15) is 0 Å². The summed E-state index contributed by atoms with van der Waals surface area (Å²) in [4.78, 5) is 29.7. The molecule has 1 fully saturated rings. The molecule has 3 aromatic rings. The summed E-state index contributed by atoms with van der Waals surface area (Å²) < 4.78 is 22.6. The van der Waals surface area contributed by atoms with Gasteiger partial charge in [-0.1, -0.05) is 48.2 Å². The highest BCUT2D eigenvalue weighted by atomic mass is 32.2. The van der Waals surface area contributed by atoms with Crippen LogP contribution in [0.4, 0.5) is 0 Å². The Morgan fingerprint density at radius 2 is 1.73 bits per heavy atom. The Morgan fingerprint density at radius 1 is 1.02 bits per heavy atom. The van der Waals surface area contributed by atoms with Crippen LogP contribution in [0.3, 0.4) is 0 Å². The van der Waals surface area contributed by atoms with Crippen LogP contribution in [0.2, 0.25) is 0 Å². The molecule has 214 valence electrons. The molecule has 5 rings (SSSR count). The second-order valence-corrected chi connectivity index (χ2v) is 11.1. The van der Waals surface area contributed by atoms with Crippen LogP contribution >= 0.6 is 11.8 Å². The van der Waals surface area contributed by atoms with E-state index in [1.54, 1.807) is 26.0 Å². The van der Waals surface area contributed by atoms with Crippen LogP contribution in [0, 0.1) is 0 Å². The minimum absolute atomic E-state index is 0.0477. The summed E-state index contributed by atoms with van der Waals surface area (Å²) in [5, 5.41) is 5.31. The quantitative estimate of drug-likeness (QED) is 0.258. The molecule has 1 amide bonds. The molecule has 0 aliphatic carbocycles. The van der Waals surface area contributed by atoms with Crippen LogP contribution in [0.15, 0.2) is 70.8 Å². The first-order valence-electron chi connectivity index (χ1n) is 13.5. The Bertz CT molecular complexity index is 1560. The number of ether oxygens (including phenoxy) is 4. The minimum atomic E-state index is -0.694. The van der Waals surface area contributed by atoms with E-state index in [2.05, 4.69) is 5.32 Å². The maximum atomic E-state index is 14.1. The lowest BCUT2D eigenvalue weighted by atomic mass is 9.93. The van der Waals surface area contributed by atoms with Crippen LogP contribution in [0.1, 0.15) is 44.9 Å². The highest BCUT2D eigenvalue weighted by Gasteiger charge is 2.48. The number of carbonyl (C=O) groups is 2. The lowest BCUT2D eigenvalue weighted by molar-refractivity contribution is -0.140.